The Labute approximate surface area is 123 Å². The molecule has 2 amide bonds. The second kappa shape index (κ2) is 6.98. The fourth-order valence-electron chi connectivity index (χ4n) is 2.23. The van der Waals surface area contributed by atoms with Gasteiger partial charge in [-0.1, -0.05) is 0 Å². The Kier molecular flexibility index (Phi) is 5.04. The van der Waals surface area contributed by atoms with Crippen LogP contribution in [0.4, 0.5) is 5.82 Å². The van der Waals surface area contributed by atoms with Crippen LogP contribution in [0.3, 0.4) is 0 Å². The molecule has 8 heteroatoms. The molecule has 1 saturated heterocycles. The minimum absolute atomic E-state index is 0.0724. The van der Waals surface area contributed by atoms with Gasteiger partial charge in [0.25, 0.3) is 5.91 Å². The van der Waals surface area contributed by atoms with Crippen LogP contribution in [0.5, 0.6) is 0 Å². The van der Waals surface area contributed by atoms with Gasteiger partial charge in [-0.05, 0) is 19.1 Å². The summed E-state index contributed by atoms with van der Waals surface area (Å²) in [6.07, 6.45) is 0. The van der Waals surface area contributed by atoms with E-state index in [1.54, 1.807) is 19.2 Å². The minimum atomic E-state index is -0.326. The summed E-state index contributed by atoms with van der Waals surface area (Å²) in [5.41, 5.74) is 0.271. The smallest absolute Gasteiger partial charge is 0.271 e. The number of carbonyl (C=O) groups excluding carboxylic acids is 2. The Bertz CT molecular complexity index is 504. The van der Waals surface area contributed by atoms with Crippen molar-refractivity contribution in [3.8, 4) is 0 Å². The van der Waals surface area contributed by atoms with E-state index in [1.807, 2.05) is 11.8 Å². The summed E-state index contributed by atoms with van der Waals surface area (Å²) < 4.78 is 0. The fraction of sp³-hybridized carbons (Fsp3) is 0.538. The third-order valence-electron chi connectivity index (χ3n) is 3.31. The number of likely N-dealkylation sites (N-methyl/N-ethyl adjacent to an activating group) is 1. The molecule has 114 valence electrons. The molecule has 0 bridgehead atoms. The van der Waals surface area contributed by atoms with E-state index < -0.39 is 0 Å². The molecule has 1 aliphatic heterocycles. The van der Waals surface area contributed by atoms with Gasteiger partial charge in [0, 0.05) is 33.2 Å². The van der Waals surface area contributed by atoms with Gasteiger partial charge in [0.1, 0.15) is 6.04 Å². The van der Waals surface area contributed by atoms with Crippen LogP contribution in [0, 0.1) is 0 Å². The number of piperazine rings is 1. The minimum Gasteiger partial charge on any atom is -0.357 e. The first kappa shape index (κ1) is 15.2. The maximum absolute atomic E-state index is 11.9. The Balaban J connectivity index is 2.16. The van der Waals surface area contributed by atoms with Crippen LogP contribution in [0.2, 0.25) is 0 Å². The number of hydrogen-bond acceptors (Lipinski definition) is 6. The topological polar surface area (TPSA) is 99.2 Å². The lowest BCUT2D eigenvalue weighted by atomic mass is 10.1. The first-order valence-electron chi connectivity index (χ1n) is 6.98. The van der Waals surface area contributed by atoms with E-state index in [0.29, 0.717) is 25.5 Å². The number of rotatable bonds is 4. The fourth-order valence-corrected chi connectivity index (χ4v) is 2.23. The Morgan fingerprint density at radius 3 is 2.86 bits per heavy atom. The predicted octanol–water partition coefficient (Wildman–Crippen LogP) is -1.25. The number of nitrogens with zero attached hydrogens (tertiary/aromatic N) is 3. The molecule has 8 nitrogen and oxygen atoms in total. The Morgan fingerprint density at radius 1 is 1.43 bits per heavy atom. The lowest BCUT2D eigenvalue weighted by molar-refractivity contribution is -0.122. The van der Waals surface area contributed by atoms with Crippen molar-refractivity contribution in [2.45, 2.75) is 13.0 Å². The molecule has 3 N–H and O–H groups in total. The maximum Gasteiger partial charge on any atom is 0.271 e. The third kappa shape index (κ3) is 3.46. The molecule has 1 atom stereocenters. The highest BCUT2D eigenvalue weighted by atomic mass is 16.2. The first-order chi connectivity index (χ1) is 10.2. The summed E-state index contributed by atoms with van der Waals surface area (Å²) in [4.78, 5) is 25.4. The molecule has 1 aromatic heterocycles. The van der Waals surface area contributed by atoms with Gasteiger partial charge in [0.15, 0.2) is 11.5 Å². The number of hydrogen-bond donors (Lipinski definition) is 3. The zero-order chi connectivity index (χ0) is 15.2. The number of amides is 2. The molecule has 0 spiro atoms. The molecule has 2 heterocycles. The van der Waals surface area contributed by atoms with Crippen LogP contribution in [-0.4, -0.2) is 61.3 Å². The van der Waals surface area contributed by atoms with Crippen LogP contribution in [0.1, 0.15) is 17.4 Å². The number of carbonyl (C=O) groups is 2. The zero-order valence-electron chi connectivity index (χ0n) is 12.2. The van der Waals surface area contributed by atoms with Gasteiger partial charge in [-0.25, -0.2) is 0 Å². The monoisotopic (exact) mass is 292 g/mol. The maximum atomic E-state index is 11.9. The second-order valence-electron chi connectivity index (χ2n) is 4.66. The number of nitrogens with one attached hydrogen (secondary N) is 3. The molecule has 1 fully saturated rings. The van der Waals surface area contributed by atoms with Crippen molar-refractivity contribution in [2.24, 2.45) is 0 Å². The Hall–Kier alpha value is -2.22. The largest absolute Gasteiger partial charge is 0.357 e. The summed E-state index contributed by atoms with van der Waals surface area (Å²) in [5, 5.41) is 16.5. The molecular formula is C13H20N6O2. The van der Waals surface area contributed by atoms with E-state index in [4.69, 9.17) is 0 Å². The van der Waals surface area contributed by atoms with Crippen LogP contribution in [-0.2, 0) is 4.79 Å². The van der Waals surface area contributed by atoms with Gasteiger partial charge >= 0.3 is 0 Å². The van der Waals surface area contributed by atoms with Crippen molar-refractivity contribution >= 4 is 17.6 Å². The van der Waals surface area contributed by atoms with E-state index in [0.717, 1.165) is 6.54 Å². The van der Waals surface area contributed by atoms with Crippen molar-refractivity contribution in [3.05, 3.63) is 17.8 Å². The van der Waals surface area contributed by atoms with E-state index in [-0.39, 0.29) is 23.6 Å². The van der Waals surface area contributed by atoms with E-state index in [2.05, 4.69) is 26.1 Å². The molecule has 21 heavy (non-hydrogen) atoms. The quantitative estimate of drug-likeness (QED) is 0.641. The standard InChI is InChI=1S/C13H20N6O2/c1-3-16-12(20)9-4-5-11(18-17-9)19-7-6-15-8-10(19)13(21)14-2/h4-5,10,15H,3,6-8H2,1-2H3,(H,14,21)(H,16,20). The lowest BCUT2D eigenvalue weighted by Gasteiger charge is -2.35. The van der Waals surface area contributed by atoms with Gasteiger partial charge in [-0.2, -0.15) is 0 Å². The average Bonchev–Trinajstić information content (AvgIpc) is 2.54. The summed E-state index contributed by atoms with van der Waals surface area (Å²) >= 11 is 0. The van der Waals surface area contributed by atoms with Crippen LogP contribution in [0.25, 0.3) is 0 Å². The molecule has 1 unspecified atom stereocenters. The highest BCUT2D eigenvalue weighted by molar-refractivity contribution is 5.92. The van der Waals surface area contributed by atoms with E-state index in [1.165, 1.54) is 0 Å². The van der Waals surface area contributed by atoms with E-state index in [9.17, 15) is 9.59 Å². The summed E-state index contributed by atoms with van der Waals surface area (Å²) in [5.74, 6) is 0.273. The van der Waals surface area contributed by atoms with Crippen molar-refractivity contribution in [1.29, 1.82) is 0 Å². The number of anilines is 1. The molecule has 0 radical (unpaired) electrons. The SMILES string of the molecule is CCNC(=O)c1ccc(N2CCNCC2C(=O)NC)nn1. The summed E-state index contributed by atoms with van der Waals surface area (Å²) in [6, 6.07) is 3.02. The van der Waals surface area contributed by atoms with Crippen molar-refractivity contribution in [3.63, 3.8) is 0 Å². The molecular weight excluding hydrogens is 272 g/mol. The summed E-state index contributed by atoms with van der Waals surface area (Å²) in [7, 11) is 1.61. The number of aromatic nitrogens is 2. The second-order valence-corrected chi connectivity index (χ2v) is 4.66. The van der Waals surface area contributed by atoms with Crippen LogP contribution < -0.4 is 20.9 Å². The first-order valence-corrected chi connectivity index (χ1v) is 6.98. The van der Waals surface area contributed by atoms with Gasteiger partial charge in [-0.3, -0.25) is 9.59 Å². The highest BCUT2D eigenvalue weighted by Gasteiger charge is 2.29. The van der Waals surface area contributed by atoms with Crippen LogP contribution >= 0.6 is 0 Å². The van der Waals surface area contributed by atoms with Gasteiger partial charge < -0.3 is 20.9 Å². The van der Waals surface area contributed by atoms with E-state index >= 15 is 0 Å². The Morgan fingerprint density at radius 2 is 2.24 bits per heavy atom. The molecule has 0 saturated carbocycles. The normalized spacial score (nSPS) is 18.2. The zero-order valence-corrected chi connectivity index (χ0v) is 12.2. The molecule has 0 aliphatic carbocycles. The van der Waals surface area contributed by atoms with Gasteiger partial charge in [0.05, 0.1) is 0 Å². The molecule has 2 rings (SSSR count). The molecule has 0 aromatic carbocycles. The summed E-state index contributed by atoms with van der Waals surface area (Å²) in [6.45, 7) is 4.37. The predicted molar refractivity (Wildman–Crippen MR) is 78.1 cm³/mol. The lowest BCUT2D eigenvalue weighted by Crippen LogP contribution is -2.58. The molecule has 1 aromatic rings. The third-order valence-corrected chi connectivity index (χ3v) is 3.31. The molecule has 1 aliphatic rings. The van der Waals surface area contributed by atoms with Crippen LogP contribution in [0.15, 0.2) is 12.1 Å². The van der Waals surface area contributed by atoms with Crippen molar-refractivity contribution < 1.29 is 9.59 Å². The van der Waals surface area contributed by atoms with Gasteiger partial charge in [-0.15, -0.1) is 10.2 Å². The van der Waals surface area contributed by atoms with Gasteiger partial charge in [0.2, 0.25) is 5.91 Å². The highest BCUT2D eigenvalue weighted by Crippen LogP contribution is 2.15. The average molecular weight is 292 g/mol. The van der Waals surface area contributed by atoms with Crippen molar-refractivity contribution in [2.75, 3.05) is 38.1 Å². The van der Waals surface area contributed by atoms with Crippen molar-refractivity contribution in [1.82, 2.24) is 26.1 Å².